The van der Waals surface area contributed by atoms with Gasteiger partial charge in [-0.3, -0.25) is 0 Å². The molecular weight excluding hydrogens is 288 g/mol. The molecular formula is C15H15BrN2. The summed E-state index contributed by atoms with van der Waals surface area (Å²) in [6.07, 6.45) is 0. The zero-order chi connectivity index (χ0) is 12.5. The van der Waals surface area contributed by atoms with Gasteiger partial charge in [-0.05, 0) is 39.7 Å². The van der Waals surface area contributed by atoms with Gasteiger partial charge in [0.25, 0.3) is 0 Å². The predicted molar refractivity (Wildman–Crippen MR) is 80.0 cm³/mol. The maximum atomic E-state index is 5.80. The molecule has 1 aliphatic heterocycles. The van der Waals surface area contributed by atoms with Crippen LogP contribution in [0.2, 0.25) is 0 Å². The summed E-state index contributed by atoms with van der Waals surface area (Å²) in [7, 11) is 0. The second-order valence-corrected chi connectivity index (χ2v) is 5.57. The third-order valence-electron chi connectivity index (χ3n) is 3.50. The summed E-state index contributed by atoms with van der Waals surface area (Å²) < 4.78 is 0.975. The van der Waals surface area contributed by atoms with Crippen LogP contribution >= 0.6 is 15.9 Å². The number of hydrogen-bond donors (Lipinski definition) is 1. The molecule has 1 aliphatic rings. The minimum atomic E-state index is 0.655. The lowest BCUT2D eigenvalue weighted by Crippen LogP contribution is -2.45. The Morgan fingerprint density at radius 1 is 1.06 bits per heavy atom. The molecule has 0 bridgehead atoms. The summed E-state index contributed by atoms with van der Waals surface area (Å²) in [6, 6.07) is 16.8. The molecule has 3 rings (SSSR count). The van der Waals surface area contributed by atoms with Crippen molar-refractivity contribution in [1.82, 2.24) is 0 Å². The zero-order valence-electron chi connectivity index (χ0n) is 10.0. The van der Waals surface area contributed by atoms with Crippen molar-refractivity contribution in [2.75, 3.05) is 23.7 Å². The molecule has 0 saturated carbocycles. The standard InChI is InChI=1S/C15H15BrN2/c16-14-8-13(6-7-15(14)17)18-9-12(10-18)11-4-2-1-3-5-11/h1-8,12H,9-10,17H2. The normalized spacial score (nSPS) is 15.5. The largest absolute Gasteiger partial charge is 0.398 e. The summed E-state index contributed by atoms with van der Waals surface area (Å²) >= 11 is 3.48. The maximum absolute atomic E-state index is 5.80. The van der Waals surface area contributed by atoms with Crippen molar-refractivity contribution in [3.63, 3.8) is 0 Å². The maximum Gasteiger partial charge on any atom is 0.0460 e. The molecule has 0 atom stereocenters. The molecule has 2 aromatic rings. The number of nitrogens with zero attached hydrogens (tertiary/aromatic N) is 1. The van der Waals surface area contributed by atoms with Gasteiger partial charge in [-0.15, -0.1) is 0 Å². The molecule has 92 valence electrons. The summed E-state index contributed by atoms with van der Waals surface area (Å²) in [4.78, 5) is 2.38. The van der Waals surface area contributed by atoms with Gasteiger partial charge in [-0.2, -0.15) is 0 Å². The molecule has 2 N–H and O–H groups in total. The van der Waals surface area contributed by atoms with Gasteiger partial charge in [0.2, 0.25) is 0 Å². The summed E-state index contributed by atoms with van der Waals surface area (Å²) in [5.41, 5.74) is 9.26. The highest BCUT2D eigenvalue weighted by Crippen LogP contribution is 2.34. The topological polar surface area (TPSA) is 29.3 Å². The Balaban J connectivity index is 1.70. The molecule has 18 heavy (non-hydrogen) atoms. The third kappa shape index (κ3) is 2.10. The predicted octanol–water partition coefficient (Wildman–Crippen LogP) is 3.64. The Bertz CT molecular complexity index is 548. The number of rotatable bonds is 2. The van der Waals surface area contributed by atoms with Crippen LogP contribution in [-0.2, 0) is 0 Å². The van der Waals surface area contributed by atoms with E-state index in [1.54, 1.807) is 0 Å². The molecule has 0 radical (unpaired) electrons. The van der Waals surface area contributed by atoms with E-state index in [0.717, 1.165) is 23.2 Å². The first-order chi connectivity index (χ1) is 8.74. The van der Waals surface area contributed by atoms with Crippen LogP contribution < -0.4 is 10.6 Å². The summed E-state index contributed by atoms with van der Waals surface area (Å²) in [5.74, 6) is 0.655. The van der Waals surface area contributed by atoms with Crippen LogP contribution in [0.4, 0.5) is 11.4 Å². The van der Waals surface area contributed by atoms with Crippen LogP contribution in [0.1, 0.15) is 11.5 Å². The van der Waals surface area contributed by atoms with Gasteiger partial charge in [0, 0.05) is 34.9 Å². The van der Waals surface area contributed by atoms with Crippen molar-refractivity contribution < 1.29 is 0 Å². The molecule has 0 amide bonds. The molecule has 2 nitrogen and oxygen atoms in total. The number of nitrogens with two attached hydrogens (primary N) is 1. The second-order valence-electron chi connectivity index (χ2n) is 4.72. The summed E-state index contributed by atoms with van der Waals surface area (Å²) in [6.45, 7) is 2.17. The van der Waals surface area contributed by atoms with Crippen LogP contribution in [-0.4, -0.2) is 13.1 Å². The monoisotopic (exact) mass is 302 g/mol. The molecule has 2 aromatic carbocycles. The third-order valence-corrected chi connectivity index (χ3v) is 4.19. The van der Waals surface area contributed by atoms with Crippen molar-refractivity contribution in [3.8, 4) is 0 Å². The first-order valence-corrected chi connectivity index (χ1v) is 6.88. The first kappa shape index (κ1) is 11.6. The van der Waals surface area contributed by atoms with E-state index in [9.17, 15) is 0 Å². The van der Waals surface area contributed by atoms with Crippen molar-refractivity contribution >= 4 is 27.3 Å². The Morgan fingerprint density at radius 3 is 2.44 bits per heavy atom. The first-order valence-electron chi connectivity index (χ1n) is 6.09. The molecule has 0 unspecified atom stereocenters. The highest BCUT2D eigenvalue weighted by Gasteiger charge is 2.28. The van der Waals surface area contributed by atoms with Gasteiger partial charge in [-0.1, -0.05) is 30.3 Å². The van der Waals surface area contributed by atoms with E-state index in [1.165, 1.54) is 11.3 Å². The van der Waals surface area contributed by atoms with Gasteiger partial charge in [-0.25, -0.2) is 0 Å². The highest BCUT2D eigenvalue weighted by atomic mass is 79.9. The SMILES string of the molecule is Nc1ccc(N2CC(c3ccccc3)C2)cc1Br. The van der Waals surface area contributed by atoms with E-state index in [0.29, 0.717) is 5.92 Å². The second kappa shape index (κ2) is 4.65. The van der Waals surface area contributed by atoms with Crippen LogP contribution in [0.15, 0.2) is 53.0 Å². The van der Waals surface area contributed by atoms with E-state index in [1.807, 2.05) is 6.07 Å². The quantitative estimate of drug-likeness (QED) is 0.858. The number of benzene rings is 2. The van der Waals surface area contributed by atoms with Crippen molar-refractivity contribution in [1.29, 1.82) is 0 Å². The minimum absolute atomic E-state index is 0.655. The Labute approximate surface area is 116 Å². The number of hydrogen-bond acceptors (Lipinski definition) is 2. The van der Waals surface area contributed by atoms with Crippen LogP contribution in [0.3, 0.4) is 0 Å². The smallest absolute Gasteiger partial charge is 0.0460 e. The van der Waals surface area contributed by atoms with Crippen molar-refractivity contribution in [3.05, 3.63) is 58.6 Å². The van der Waals surface area contributed by atoms with Crippen molar-refractivity contribution in [2.45, 2.75) is 5.92 Å². The van der Waals surface area contributed by atoms with Crippen LogP contribution in [0.25, 0.3) is 0 Å². The van der Waals surface area contributed by atoms with Crippen molar-refractivity contribution in [2.24, 2.45) is 0 Å². The average molecular weight is 303 g/mol. The van der Waals surface area contributed by atoms with Gasteiger partial charge in [0.15, 0.2) is 0 Å². The Hall–Kier alpha value is -1.48. The molecule has 0 spiro atoms. The Kier molecular flexibility index (Phi) is 3.00. The van der Waals surface area contributed by atoms with Crippen LogP contribution in [0.5, 0.6) is 0 Å². The number of halogens is 1. The molecule has 1 heterocycles. The van der Waals surface area contributed by atoms with E-state index < -0.39 is 0 Å². The van der Waals surface area contributed by atoms with Gasteiger partial charge >= 0.3 is 0 Å². The fraction of sp³-hybridized carbons (Fsp3) is 0.200. The number of anilines is 2. The molecule has 3 heteroatoms. The lowest BCUT2D eigenvalue weighted by molar-refractivity contribution is 0.525. The molecule has 0 aliphatic carbocycles. The van der Waals surface area contributed by atoms with E-state index in [2.05, 4.69) is 63.3 Å². The van der Waals surface area contributed by atoms with E-state index >= 15 is 0 Å². The number of nitrogen functional groups attached to an aromatic ring is 1. The van der Waals surface area contributed by atoms with Crippen LogP contribution in [0, 0.1) is 0 Å². The van der Waals surface area contributed by atoms with Gasteiger partial charge in [0.05, 0.1) is 0 Å². The average Bonchev–Trinajstić information content (AvgIpc) is 2.33. The molecule has 0 aromatic heterocycles. The Morgan fingerprint density at radius 2 is 1.78 bits per heavy atom. The minimum Gasteiger partial charge on any atom is -0.398 e. The fourth-order valence-electron chi connectivity index (χ4n) is 2.34. The van der Waals surface area contributed by atoms with Gasteiger partial charge in [0.1, 0.15) is 0 Å². The van der Waals surface area contributed by atoms with E-state index in [4.69, 9.17) is 5.73 Å². The highest BCUT2D eigenvalue weighted by molar-refractivity contribution is 9.10. The lowest BCUT2D eigenvalue weighted by Gasteiger charge is -2.41. The molecule has 1 saturated heterocycles. The van der Waals surface area contributed by atoms with Gasteiger partial charge < -0.3 is 10.6 Å². The summed E-state index contributed by atoms with van der Waals surface area (Å²) in [5, 5.41) is 0. The fourth-order valence-corrected chi connectivity index (χ4v) is 2.70. The molecule has 1 fully saturated rings. The lowest BCUT2D eigenvalue weighted by atomic mass is 9.91. The zero-order valence-corrected chi connectivity index (χ0v) is 11.6. The van der Waals surface area contributed by atoms with E-state index in [-0.39, 0.29) is 0 Å².